The molecule has 0 fully saturated rings. The minimum Gasteiger partial charge on any atom is -0.454 e. The van der Waals surface area contributed by atoms with Gasteiger partial charge in [0.25, 0.3) is 0 Å². The SMILES string of the molecule is O=C(CSc1ccc(-c2ccc3c(c2)OCO3)nn1)c1ccc(Cl)cc1. The molecular formula is C19H13ClN2O3S. The van der Waals surface area contributed by atoms with Crippen molar-refractivity contribution in [3.8, 4) is 22.8 Å². The summed E-state index contributed by atoms with van der Waals surface area (Å²) in [4.78, 5) is 12.2. The smallest absolute Gasteiger partial charge is 0.231 e. The van der Waals surface area contributed by atoms with E-state index in [0.717, 1.165) is 17.0 Å². The summed E-state index contributed by atoms with van der Waals surface area (Å²) < 4.78 is 10.7. The van der Waals surface area contributed by atoms with Crippen molar-refractivity contribution in [2.45, 2.75) is 5.03 Å². The minimum absolute atomic E-state index is 0.0216. The van der Waals surface area contributed by atoms with Crippen molar-refractivity contribution in [3.63, 3.8) is 0 Å². The van der Waals surface area contributed by atoms with Crippen LogP contribution in [-0.4, -0.2) is 28.5 Å². The summed E-state index contributed by atoms with van der Waals surface area (Å²) in [5.74, 6) is 1.75. The highest BCUT2D eigenvalue weighted by Gasteiger charge is 2.14. The number of benzene rings is 2. The summed E-state index contributed by atoms with van der Waals surface area (Å²) in [7, 11) is 0. The maximum atomic E-state index is 12.2. The third-order valence-corrected chi connectivity index (χ3v) is 5.00. The van der Waals surface area contributed by atoms with Crippen molar-refractivity contribution in [2.24, 2.45) is 0 Å². The van der Waals surface area contributed by atoms with Gasteiger partial charge in [-0.15, -0.1) is 10.2 Å². The molecule has 0 atom stereocenters. The Morgan fingerprint density at radius 2 is 1.81 bits per heavy atom. The molecule has 2 aromatic carbocycles. The topological polar surface area (TPSA) is 61.3 Å². The van der Waals surface area contributed by atoms with Crippen LogP contribution in [-0.2, 0) is 0 Å². The molecule has 0 spiro atoms. The summed E-state index contributed by atoms with van der Waals surface area (Å²) in [6.07, 6.45) is 0. The Balaban J connectivity index is 1.41. The van der Waals surface area contributed by atoms with E-state index in [4.69, 9.17) is 21.1 Å². The van der Waals surface area contributed by atoms with Gasteiger partial charge in [-0.3, -0.25) is 4.79 Å². The predicted octanol–water partition coefficient (Wildman–Crippen LogP) is 4.50. The van der Waals surface area contributed by atoms with Crippen molar-refractivity contribution < 1.29 is 14.3 Å². The average Bonchev–Trinajstić information content (AvgIpc) is 3.15. The molecule has 1 aromatic heterocycles. The number of Topliss-reactive ketones (excluding diaryl/α,β-unsaturated/α-hetero) is 1. The second kappa shape index (κ2) is 7.35. The van der Waals surface area contributed by atoms with E-state index < -0.39 is 0 Å². The van der Waals surface area contributed by atoms with Crippen LogP contribution in [0, 0.1) is 0 Å². The van der Waals surface area contributed by atoms with Gasteiger partial charge in [-0.05, 0) is 54.6 Å². The molecule has 0 bridgehead atoms. The Bertz CT molecular complexity index is 946. The van der Waals surface area contributed by atoms with Gasteiger partial charge in [0, 0.05) is 16.1 Å². The van der Waals surface area contributed by atoms with Crippen LogP contribution in [0.25, 0.3) is 11.3 Å². The van der Waals surface area contributed by atoms with Crippen LogP contribution >= 0.6 is 23.4 Å². The molecule has 26 heavy (non-hydrogen) atoms. The fraction of sp³-hybridized carbons (Fsp3) is 0.105. The normalized spacial score (nSPS) is 12.2. The molecule has 1 aliphatic rings. The third kappa shape index (κ3) is 3.66. The Hall–Kier alpha value is -2.57. The Morgan fingerprint density at radius 1 is 1.00 bits per heavy atom. The summed E-state index contributed by atoms with van der Waals surface area (Å²) in [6, 6.07) is 16.2. The van der Waals surface area contributed by atoms with Crippen LogP contribution in [0.5, 0.6) is 11.5 Å². The zero-order valence-electron chi connectivity index (χ0n) is 13.5. The fourth-order valence-electron chi connectivity index (χ4n) is 2.47. The molecule has 0 unspecified atom stereocenters. The van der Waals surface area contributed by atoms with Crippen LogP contribution in [0.1, 0.15) is 10.4 Å². The number of fused-ring (bicyclic) bond motifs is 1. The Labute approximate surface area is 159 Å². The highest BCUT2D eigenvalue weighted by molar-refractivity contribution is 7.99. The van der Waals surface area contributed by atoms with Gasteiger partial charge < -0.3 is 9.47 Å². The highest BCUT2D eigenvalue weighted by Crippen LogP contribution is 2.35. The van der Waals surface area contributed by atoms with Crippen molar-refractivity contribution in [1.29, 1.82) is 0 Å². The standard InChI is InChI=1S/C19H13ClN2O3S/c20-14-4-1-12(2-5-14)16(23)10-26-19-8-6-15(21-22-19)13-3-7-17-18(9-13)25-11-24-17/h1-9H,10-11H2. The van der Waals surface area contributed by atoms with Crippen molar-refractivity contribution in [2.75, 3.05) is 12.5 Å². The van der Waals surface area contributed by atoms with Gasteiger partial charge in [0.2, 0.25) is 6.79 Å². The number of hydrogen-bond acceptors (Lipinski definition) is 6. The number of ether oxygens (including phenoxy) is 2. The number of carbonyl (C=O) groups is 1. The van der Waals surface area contributed by atoms with E-state index in [9.17, 15) is 4.79 Å². The highest BCUT2D eigenvalue weighted by atomic mass is 35.5. The first-order valence-corrected chi connectivity index (χ1v) is 9.21. The molecule has 130 valence electrons. The lowest BCUT2D eigenvalue weighted by Gasteiger charge is -2.04. The van der Waals surface area contributed by atoms with Crippen LogP contribution in [0.4, 0.5) is 0 Å². The lowest BCUT2D eigenvalue weighted by Crippen LogP contribution is -2.02. The maximum Gasteiger partial charge on any atom is 0.231 e. The van der Waals surface area contributed by atoms with Gasteiger partial charge in [0.1, 0.15) is 5.03 Å². The van der Waals surface area contributed by atoms with E-state index in [-0.39, 0.29) is 12.6 Å². The van der Waals surface area contributed by atoms with E-state index in [1.54, 1.807) is 24.3 Å². The van der Waals surface area contributed by atoms with Crippen molar-refractivity contribution in [3.05, 3.63) is 65.2 Å². The number of halogens is 1. The van der Waals surface area contributed by atoms with Gasteiger partial charge in [-0.25, -0.2) is 0 Å². The monoisotopic (exact) mass is 384 g/mol. The van der Waals surface area contributed by atoms with E-state index in [2.05, 4.69) is 10.2 Å². The first-order chi connectivity index (χ1) is 12.7. The minimum atomic E-state index is 0.0216. The fourth-order valence-corrected chi connectivity index (χ4v) is 3.30. The largest absolute Gasteiger partial charge is 0.454 e. The number of hydrogen-bond donors (Lipinski definition) is 0. The lowest BCUT2D eigenvalue weighted by molar-refractivity contribution is 0.102. The van der Waals surface area contributed by atoms with E-state index in [1.807, 2.05) is 30.3 Å². The second-order valence-corrected chi connectivity index (χ2v) is 6.98. The van der Waals surface area contributed by atoms with Crippen LogP contribution in [0.2, 0.25) is 5.02 Å². The molecule has 3 aromatic rings. The molecule has 1 aliphatic heterocycles. The molecular weight excluding hydrogens is 372 g/mol. The molecule has 2 heterocycles. The number of carbonyl (C=O) groups excluding carboxylic acids is 1. The third-order valence-electron chi connectivity index (χ3n) is 3.83. The summed E-state index contributed by atoms with van der Waals surface area (Å²) in [6.45, 7) is 0.238. The van der Waals surface area contributed by atoms with Crippen molar-refractivity contribution in [1.82, 2.24) is 10.2 Å². The van der Waals surface area contributed by atoms with E-state index in [0.29, 0.717) is 27.1 Å². The zero-order chi connectivity index (χ0) is 17.9. The summed E-state index contributed by atoms with van der Waals surface area (Å²) >= 11 is 7.19. The van der Waals surface area contributed by atoms with Crippen molar-refractivity contribution >= 4 is 29.1 Å². The first kappa shape index (κ1) is 16.9. The van der Waals surface area contributed by atoms with Gasteiger partial charge in [0.15, 0.2) is 17.3 Å². The lowest BCUT2D eigenvalue weighted by atomic mass is 10.1. The van der Waals surface area contributed by atoms with E-state index in [1.165, 1.54) is 11.8 Å². The van der Waals surface area contributed by atoms with Crippen LogP contribution in [0.15, 0.2) is 59.6 Å². The number of ketones is 1. The first-order valence-electron chi connectivity index (χ1n) is 7.84. The van der Waals surface area contributed by atoms with E-state index >= 15 is 0 Å². The van der Waals surface area contributed by atoms with Gasteiger partial charge in [0.05, 0.1) is 11.4 Å². The van der Waals surface area contributed by atoms with Crippen LogP contribution < -0.4 is 9.47 Å². The van der Waals surface area contributed by atoms with Crippen LogP contribution in [0.3, 0.4) is 0 Å². The zero-order valence-corrected chi connectivity index (χ0v) is 15.1. The summed E-state index contributed by atoms with van der Waals surface area (Å²) in [5.41, 5.74) is 2.26. The molecule has 0 aliphatic carbocycles. The number of thioether (sulfide) groups is 1. The summed E-state index contributed by atoms with van der Waals surface area (Å²) in [5, 5.41) is 9.74. The molecule has 5 nitrogen and oxygen atoms in total. The predicted molar refractivity (Wildman–Crippen MR) is 100 cm³/mol. The second-order valence-electron chi connectivity index (χ2n) is 5.54. The maximum absolute atomic E-state index is 12.2. The van der Waals surface area contributed by atoms with Gasteiger partial charge >= 0.3 is 0 Å². The Kier molecular flexibility index (Phi) is 4.77. The number of nitrogens with zero attached hydrogens (tertiary/aromatic N) is 2. The van der Waals surface area contributed by atoms with Gasteiger partial charge in [-0.1, -0.05) is 23.4 Å². The Morgan fingerprint density at radius 3 is 2.58 bits per heavy atom. The molecule has 0 amide bonds. The number of aromatic nitrogens is 2. The number of rotatable bonds is 5. The molecule has 7 heteroatoms. The quantitative estimate of drug-likeness (QED) is 0.476. The molecule has 0 radical (unpaired) electrons. The molecule has 4 rings (SSSR count). The molecule has 0 saturated heterocycles. The average molecular weight is 385 g/mol. The van der Waals surface area contributed by atoms with Gasteiger partial charge in [-0.2, -0.15) is 0 Å². The molecule has 0 saturated carbocycles. The molecule has 0 N–H and O–H groups in total.